The molecule has 1 aliphatic rings. The molecule has 1 aliphatic carbocycles. The molecule has 4 aromatic carbocycles. The molecule has 0 spiro atoms. The number of rotatable bonds is 6. The normalized spacial score (nSPS) is 13.6. The van der Waals surface area contributed by atoms with Crippen molar-refractivity contribution < 1.29 is 20.1 Å². The Balaban J connectivity index is 0.000000198. The maximum absolute atomic E-state index is 4.86. The largest absolute Gasteiger partial charge is 0.305 e. The quantitative estimate of drug-likeness (QED) is 0.123. The van der Waals surface area contributed by atoms with Gasteiger partial charge in [0.15, 0.2) is 0 Å². The van der Waals surface area contributed by atoms with E-state index in [0.717, 1.165) is 28.4 Å². The van der Waals surface area contributed by atoms with Gasteiger partial charge in [0.1, 0.15) is 0 Å². The van der Waals surface area contributed by atoms with Gasteiger partial charge < -0.3 is 9.97 Å². The summed E-state index contributed by atoms with van der Waals surface area (Å²) in [4.78, 5) is 9.51. The second-order valence-corrected chi connectivity index (χ2v) is 24.9. The number of benzene rings is 4. The van der Waals surface area contributed by atoms with Crippen LogP contribution in [0.15, 0.2) is 85.2 Å². The third-order valence-electron chi connectivity index (χ3n) is 11.8. The van der Waals surface area contributed by atoms with Crippen LogP contribution in [0.1, 0.15) is 91.8 Å². The summed E-state index contributed by atoms with van der Waals surface area (Å²) in [5.74, 6) is 0.863. The monoisotopic (exact) mass is 977 g/mol. The topological polar surface area (TPSA) is 25.8 Å². The maximum atomic E-state index is 4.86. The average molecular weight is 977 g/mol. The molecule has 1 fully saturated rings. The molecule has 8 rings (SSSR count). The fourth-order valence-electron chi connectivity index (χ4n) is 8.92. The van der Waals surface area contributed by atoms with E-state index in [4.69, 9.17) is 4.98 Å². The van der Waals surface area contributed by atoms with Gasteiger partial charge in [-0.15, -0.1) is 58.7 Å². The number of aryl methyl sites for hydroxylation is 5. The zero-order valence-electron chi connectivity index (χ0n) is 36.5. The molecule has 0 N–H and O–H groups in total. The third-order valence-corrected chi connectivity index (χ3v) is 15.0. The number of pyridine rings is 2. The van der Waals surface area contributed by atoms with Gasteiger partial charge >= 0.3 is 0 Å². The van der Waals surface area contributed by atoms with Crippen molar-refractivity contribution in [2.75, 3.05) is 0 Å². The molecule has 0 atom stereocenters. The van der Waals surface area contributed by atoms with Crippen LogP contribution in [-0.2, 0) is 31.9 Å². The minimum atomic E-state index is -1.38. The van der Waals surface area contributed by atoms with Crippen LogP contribution in [0, 0.1) is 52.7 Å². The van der Waals surface area contributed by atoms with Crippen molar-refractivity contribution in [3.63, 3.8) is 0 Å². The van der Waals surface area contributed by atoms with Crippen molar-refractivity contribution in [2.45, 2.75) is 119 Å². The Hall–Kier alpha value is -3.73. The molecule has 3 aromatic heterocycles. The van der Waals surface area contributed by atoms with E-state index in [2.05, 4.69) is 171 Å². The van der Waals surface area contributed by atoms with Crippen molar-refractivity contribution >= 4 is 44.8 Å². The molecule has 1 saturated carbocycles. The number of fused-ring (bicyclic) bond motifs is 3. The molecule has 7 aromatic rings. The zero-order chi connectivity index (χ0) is 40.6. The number of nitrogens with zero attached hydrogens (tertiary/aromatic N) is 2. The standard InChI is InChI=1S/C30H28NS.C23H32NSi.Ir/c1-18-13-19(2)29(20(3)14-18)22-7-9-24-25-15-21(8-10-27(25)32-28(24)16-22)26-17-23(11-12-31-26)30(4,5)6;1-17-11-12-21(18(2)13-17)22-15-20(14-19-9-7-6-8-10-19)23(16-24-22)25(3,4)5;/h7,9-17H,1-6H3;11,13,15-16,19H,6-10,14H2,1-5H3;/q2*-1;. The Kier molecular flexibility index (Phi) is 13.5. The molecule has 0 bridgehead atoms. The van der Waals surface area contributed by atoms with Gasteiger partial charge in [-0.3, -0.25) is 0 Å². The van der Waals surface area contributed by atoms with E-state index in [1.807, 2.05) is 17.5 Å². The van der Waals surface area contributed by atoms with Crippen molar-refractivity contribution in [2.24, 2.45) is 5.92 Å². The Morgan fingerprint density at radius 2 is 1.41 bits per heavy atom. The van der Waals surface area contributed by atoms with Crippen LogP contribution in [0.2, 0.25) is 19.6 Å². The van der Waals surface area contributed by atoms with E-state index in [1.54, 1.807) is 10.8 Å². The van der Waals surface area contributed by atoms with E-state index < -0.39 is 8.07 Å². The van der Waals surface area contributed by atoms with E-state index in [0.29, 0.717) is 0 Å². The SMILES string of the molecule is Cc1c[c-]c(-c2cc(CC3CCCCC3)c([Si](C)(C)C)cn2)c(C)c1.Cc1cc(C)c(-c2ccc3c(c2)sc2c[c-]c(-c4cc(C(C)(C)C)ccn4)cc23)c(C)c1.[Ir]. The Labute approximate surface area is 367 Å². The molecule has 0 unspecified atom stereocenters. The molecule has 2 nitrogen and oxygen atoms in total. The summed E-state index contributed by atoms with van der Waals surface area (Å²) in [6, 6.07) is 33.8. The summed E-state index contributed by atoms with van der Waals surface area (Å²) in [5, 5.41) is 4.13. The van der Waals surface area contributed by atoms with Gasteiger partial charge in [0.25, 0.3) is 0 Å². The predicted molar refractivity (Wildman–Crippen MR) is 251 cm³/mol. The Morgan fingerprint density at radius 3 is 2.09 bits per heavy atom. The van der Waals surface area contributed by atoms with Gasteiger partial charge in [-0.2, -0.15) is 11.3 Å². The summed E-state index contributed by atoms with van der Waals surface area (Å²) < 4.78 is 2.59. The van der Waals surface area contributed by atoms with Gasteiger partial charge in [-0.1, -0.05) is 139 Å². The first kappa shape index (κ1) is 43.8. The molecule has 3 heterocycles. The van der Waals surface area contributed by atoms with E-state index in [1.165, 1.54) is 103 Å². The first-order chi connectivity index (χ1) is 27.0. The van der Waals surface area contributed by atoms with Crippen molar-refractivity contribution in [3.05, 3.63) is 136 Å². The van der Waals surface area contributed by atoms with E-state index in [9.17, 15) is 0 Å². The molecule has 303 valence electrons. The summed E-state index contributed by atoms with van der Waals surface area (Å²) in [7, 11) is -1.38. The van der Waals surface area contributed by atoms with Crippen LogP contribution >= 0.6 is 11.3 Å². The van der Waals surface area contributed by atoms with Gasteiger partial charge in [0.05, 0.1) is 8.07 Å². The van der Waals surface area contributed by atoms with Gasteiger partial charge in [-0.25, -0.2) is 0 Å². The van der Waals surface area contributed by atoms with Crippen molar-refractivity contribution in [1.82, 2.24) is 9.97 Å². The predicted octanol–water partition coefficient (Wildman–Crippen LogP) is 14.6. The average Bonchev–Trinajstić information content (AvgIpc) is 3.52. The third kappa shape index (κ3) is 9.82. The van der Waals surface area contributed by atoms with E-state index >= 15 is 0 Å². The van der Waals surface area contributed by atoms with Crippen LogP contribution in [0.25, 0.3) is 53.8 Å². The molecule has 58 heavy (non-hydrogen) atoms. The second kappa shape index (κ2) is 17.9. The molecule has 0 aliphatic heterocycles. The Morgan fingerprint density at radius 1 is 0.707 bits per heavy atom. The molecular formula is C53H60IrN2SSi-2. The molecule has 1 radical (unpaired) electrons. The minimum absolute atomic E-state index is 0. The van der Waals surface area contributed by atoms with Crippen LogP contribution in [0.5, 0.6) is 0 Å². The number of aromatic nitrogens is 2. The summed E-state index contributed by atoms with van der Waals surface area (Å²) in [5.41, 5.74) is 16.4. The fourth-order valence-corrected chi connectivity index (χ4v) is 11.6. The second-order valence-electron chi connectivity index (χ2n) is 18.8. The smallest absolute Gasteiger partial charge is 0.0798 e. The van der Waals surface area contributed by atoms with Crippen LogP contribution in [0.3, 0.4) is 0 Å². The number of thiophene rings is 1. The van der Waals surface area contributed by atoms with Crippen LogP contribution in [-0.4, -0.2) is 18.0 Å². The molecule has 0 amide bonds. The van der Waals surface area contributed by atoms with Crippen molar-refractivity contribution in [1.29, 1.82) is 0 Å². The first-order valence-electron chi connectivity index (χ1n) is 21.0. The van der Waals surface area contributed by atoms with Gasteiger partial charge in [0.2, 0.25) is 0 Å². The summed E-state index contributed by atoms with van der Waals surface area (Å²) in [6.45, 7) is 24.9. The van der Waals surface area contributed by atoms with Gasteiger partial charge in [-0.05, 0) is 105 Å². The minimum Gasteiger partial charge on any atom is -0.305 e. The molecule has 0 saturated heterocycles. The first-order valence-corrected chi connectivity index (χ1v) is 25.3. The molecule has 5 heteroatoms. The molecular weight excluding hydrogens is 917 g/mol. The van der Waals surface area contributed by atoms with Gasteiger partial charge in [0, 0.05) is 37.2 Å². The van der Waals surface area contributed by atoms with Crippen LogP contribution < -0.4 is 5.19 Å². The van der Waals surface area contributed by atoms with E-state index in [-0.39, 0.29) is 25.5 Å². The summed E-state index contributed by atoms with van der Waals surface area (Å²) >= 11 is 1.85. The van der Waals surface area contributed by atoms with Crippen molar-refractivity contribution in [3.8, 4) is 33.6 Å². The number of hydrogen-bond acceptors (Lipinski definition) is 3. The maximum Gasteiger partial charge on any atom is 0.0798 e. The summed E-state index contributed by atoms with van der Waals surface area (Å²) in [6.07, 6.45) is 12.4. The zero-order valence-corrected chi connectivity index (χ0v) is 40.8. The van der Waals surface area contributed by atoms with Crippen LogP contribution in [0.4, 0.5) is 0 Å². The fraction of sp³-hybridized carbons (Fsp3) is 0.358. The Bertz CT molecular complexity index is 2540. The number of hydrogen-bond donors (Lipinski definition) is 0.